The van der Waals surface area contributed by atoms with Crippen molar-refractivity contribution in [3.8, 4) is 6.07 Å². The van der Waals surface area contributed by atoms with E-state index < -0.39 is 0 Å². The third-order valence-electron chi connectivity index (χ3n) is 3.58. The van der Waals surface area contributed by atoms with Crippen LogP contribution in [0.1, 0.15) is 37.7 Å². The van der Waals surface area contributed by atoms with Crippen molar-refractivity contribution in [3.05, 3.63) is 23.5 Å². The van der Waals surface area contributed by atoms with Gasteiger partial charge in [-0.05, 0) is 18.9 Å². The lowest BCUT2D eigenvalue weighted by molar-refractivity contribution is -0.117. The number of nitrogens with one attached hydrogen (secondary N) is 1. The van der Waals surface area contributed by atoms with Crippen molar-refractivity contribution in [2.75, 3.05) is 5.88 Å². The van der Waals surface area contributed by atoms with Gasteiger partial charge in [-0.1, -0.05) is 19.3 Å². The largest absolute Gasteiger partial charge is 0.349 e. The normalized spacial score (nSPS) is 16.5. The molecular weight excluding hydrogens is 288 g/mol. The molecule has 112 valence electrons. The summed E-state index contributed by atoms with van der Waals surface area (Å²) in [5.41, 5.74) is 0.849. The first-order valence-electron chi connectivity index (χ1n) is 7.24. The molecule has 0 bridgehead atoms. The highest BCUT2D eigenvalue weighted by atomic mass is 35.5. The first-order chi connectivity index (χ1) is 10.2. The molecule has 0 aromatic carbocycles. The molecule has 1 amide bonds. The van der Waals surface area contributed by atoms with Crippen molar-refractivity contribution in [1.82, 2.24) is 15.1 Å². The van der Waals surface area contributed by atoms with Crippen molar-refractivity contribution in [1.29, 1.82) is 5.26 Å². The molecule has 1 aromatic heterocycles. The topological polar surface area (TPSA) is 70.7 Å². The highest BCUT2D eigenvalue weighted by Crippen LogP contribution is 2.18. The average molecular weight is 307 g/mol. The zero-order valence-electron chi connectivity index (χ0n) is 11.9. The maximum absolute atomic E-state index is 12.1. The number of carbonyl (C=O) groups is 1. The van der Waals surface area contributed by atoms with Gasteiger partial charge in [-0.3, -0.25) is 9.48 Å². The van der Waals surface area contributed by atoms with E-state index in [4.69, 9.17) is 16.9 Å². The number of hydrogen-bond donors (Lipinski definition) is 1. The SMILES string of the molecule is N#C/C(=C/c1cnn(CCCl)c1)C(=O)NC1CCCCC1. The van der Waals surface area contributed by atoms with Crippen LogP contribution in [-0.2, 0) is 11.3 Å². The van der Waals surface area contributed by atoms with Crippen molar-refractivity contribution in [2.45, 2.75) is 44.7 Å². The molecule has 1 aliphatic rings. The Kier molecular flexibility index (Phi) is 5.82. The Labute approximate surface area is 129 Å². The molecule has 0 saturated heterocycles. The van der Waals surface area contributed by atoms with Crippen LogP contribution in [0.2, 0.25) is 0 Å². The molecule has 5 nitrogen and oxygen atoms in total. The standard InChI is InChI=1S/C15H19ClN4O/c16-6-7-20-11-12(10-18-20)8-13(9-17)15(21)19-14-4-2-1-3-5-14/h8,10-11,14H,1-7H2,(H,19,21)/b13-8-. The fraction of sp³-hybridized carbons (Fsp3) is 0.533. The number of carbonyl (C=O) groups excluding carboxylic acids is 1. The molecule has 0 spiro atoms. The van der Waals surface area contributed by atoms with E-state index in [0.717, 1.165) is 31.2 Å². The van der Waals surface area contributed by atoms with Gasteiger partial charge in [0.05, 0.1) is 12.7 Å². The maximum Gasteiger partial charge on any atom is 0.262 e. The van der Waals surface area contributed by atoms with E-state index in [1.165, 1.54) is 6.42 Å². The molecule has 0 atom stereocenters. The van der Waals surface area contributed by atoms with Gasteiger partial charge in [-0.15, -0.1) is 11.6 Å². The lowest BCUT2D eigenvalue weighted by atomic mass is 9.95. The van der Waals surface area contributed by atoms with Crippen LogP contribution in [0.3, 0.4) is 0 Å². The zero-order valence-corrected chi connectivity index (χ0v) is 12.6. The van der Waals surface area contributed by atoms with E-state index in [2.05, 4.69) is 10.4 Å². The average Bonchev–Trinajstić information content (AvgIpc) is 2.93. The van der Waals surface area contributed by atoms with Gasteiger partial charge >= 0.3 is 0 Å². The van der Waals surface area contributed by atoms with Gasteiger partial charge in [0, 0.05) is 23.7 Å². The van der Waals surface area contributed by atoms with Gasteiger partial charge < -0.3 is 5.32 Å². The Morgan fingerprint density at radius 2 is 2.29 bits per heavy atom. The number of rotatable bonds is 5. The molecular formula is C15H19ClN4O. The minimum absolute atomic E-state index is 0.117. The Balaban J connectivity index is 2.01. The van der Waals surface area contributed by atoms with E-state index in [-0.39, 0.29) is 17.5 Å². The summed E-state index contributed by atoms with van der Waals surface area (Å²) >= 11 is 5.64. The number of nitriles is 1. The lowest BCUT2D eigenvalue weighted by Gasteiger charge is -2.22. The molecule has 0 aliphatic heterocycles. The van der Waals surface area contributed by atoms with Crippen molar-refractivity contribution >= 4 is 23.6 Å². The van der Waals surface area contributed by atoms with Gasteiger partial charge in [0.1, 0.15) is 11.6 Å². The number of nitrogens with zero attached hydrogens (tertiary/aromatic N) is 3. The highest BCUT2D eigenvalue weighted by Gasteiger charge is 2.18. The fourth-order valence-corrected chi connectivity index (χ4v) is 2.66. The second-order valence-electron chi connectivity index (χ2n) is 5.20. The molecule has 0 unspecified atom stereocenters. The number of aryl methyl sites for hydroxylation is 1. The molecule has 1 heterocycles. The Morgan fingerprint density at radius 3 is 2.95 bits per heavy atom. The van der Waals surface area contributed by atoms with Crippen molar-refractivity contribution in [3.63, 3.8) is 0 Å². The summed E-state index contributed by atoms with van der Waals surface area (Å²) < 4.78 is 1.69. The fourth-order valence-electron chi connectivity index (χ4n) is 2.49. The minimum atomic E-state index is -0.297. The van der Waals surface area contributed by atoms with Crippen LogP contribution in [0.4, 0.5) is 0 Å². The first kappa shape index (κ1) is 15.6. The Morgan fingerprint density at radius 1 is 1.52 bits per heavy atom. The van der Waals surface area contributed by atoms with Crippen LogP contribution in [0.5, 0.6) is 0 Å². The summed E-state index contributed by atoms with van der Waals surface area (Å²) in [7, 11) is 0. The molecule has 1 aliphatic carbocycles. The van der Waals surface area contributed by atoms with Crippen LogP contribution >= 0.6 is 11.6 Å². The lowest BCUT2D eigenvalue weighted by Crippen LogP contribution is -2.36. The number of alkyl halides is 1. The summed E-state index contributed by atoms with van der Waals surface area (Å²) in [4.78, 5) is 12.1. The van der Waals surface area contributed by atoms with Gasteiger partial charge in [0.2, 0.25) is 0 Å². The predicted molar refractivity (Wildman–Crippen MR) is 81.6 cm³/mol. The minimum Gasteiger partial charge on any atom is -0.349 e. The molecule has 1 aromatic rings. The summed E-state index contributed by atoms with van der Waals surface area (Å²) in [5.74, 6) is 0.174. The number of amides is 1. The molecule has 1 N–H and O–H groups in total. The summed E-state index contributed by atoms with van der Waals surface area (Å²) in [5, 5.41) is 16.2. The Hall–Kier alpha value is -1.80. The van der Waals surface area contributed by atoms with E-state index in [9.17, 15) is 4.79 Å². The van der Waals surface area contributed by atoms with Crippen LogP contribution in [-0.4, -0.2) is 27.6 Å². The second kappa shape index (κ2) is 7.84. The smallest absolute Gasteiger partial charge is 0.262 e. The second-order valence-corrected chi connectivity index (χ2v) is 5.58. The summed E-state index contributed by atoms with van der Waals surface area (Å²) in [6.07, 6.45) is 10.5. The number of halogens is 1. The maximum atomic E-state index is 12.1. The van der Waals surface area contributed by atoms with Crippen molar-refractivity contribution in [2.24, 2.45) is 0 Å². The van der Waals surface area contributed by atoms with E-state index >= 15 is 0 Å². The van der Waals surface area contributed by atoms with Crippen LogP contribution < -0.4 is 5.32 Å². The number of hydrogen-bond acceptors (Lipinski definition) is 3. The highest BCUT2D eigenvalue weighted by molar-refractivity contribution is 6.17. The van der Waals surface area contributed by atoms with Crippen LogP contribution in [0.25, 0.3) is 6.08 Å². The van der Waals surface area contributed by atoms with Crippen LogP contribution in [0.15, 0.2) is 18.0 Å². The van der Waals surface area contributed by atoms with E-state index in [1.54, 1.807) is 23.2 Å². The molecule has 1 fully saturated rings. The number of aromatic nitrogens is 2. The third-order valence-corrected chi connectivity index (χ3v) is 3.75. The van der Waals surface area contributed by atoms with E-state index in [1.807, 2.05) is 6.07 Å². The Bertz CT molecular complexity index is 552. The van der Waals surface area contributed by atoms with Gasteiger partial charge in [0.25, 0.3) is 5.91 Å². The monoisotopic (exact) mass is 306 g/mol. The quantitative estimate of drug-likeness (QED) is 0.516. The first-order valence-corrected chi connectivity index (χ1v) is 7.77. The molecule has 2 rings (SSSR count). The molecule has 1 saturated carbocycles. The van der Waals surface area contributed by atoms with Gasteiger partial charge in [0.15, 0.2) is 0 Å². The van der Waals surface area contributed by atoms with Gasteiger partial charge in [-0.25, -0.2) is 0 Å². The van der Waals surface area contributed by atoms with E-state index in [0.29, 0.717) is 12.4 Å². The summed E-state index contributed by atoms with van der Waals surface area (Å²) in [6.45, 7) is 0.603. The zero-order chi connectivity index (χ0) is 15.1. The van der Waals surface area contributed by atoms with Gasteiger partial charge in [-0.2, -0.15) is 10.4 Å². The van der Waals surface area contributed by atoms with Crippen molar-refractivity contribution < 1.29 is 4.79 Å². The molecule has 0 radical (unpaired) electrons. The third kappa shape index (κ3) is 4.61. The molecule has 21 heavy (non-hydrogen) atoms. The summed E-state index contributed by atoms with van der Waals surface area (Å²) in [6, 6.07) is 2.16. The predicted octanol–water partition coefficient (Wildman–Crippen LogP) is 2.48. The van der Waals surface area contributed by atoms with Crippen LogP contribution in [0, 0.1) is 11.3 Å². The molecule has 6 heteroatoms.